The first kappa shape index (κ1) is 18.9. The van der Waals surface area contributed by atoms with Crippen LogP contribution in [0.2, 0.25) is 0 Å². The number of benzene rings is 2. The molecule has 0 bridgehead atoms. The van der Waals surface area contributed by atoms with E-state index in [4.69, 9.17) is 0 Å². The van der Waals surface area contributed by atoms with Crippen molar-refractivity contribution in [3.05, 3.63) is 49.1 Å². The Morgan fingerprint density at radius 2 is 2.16 bits per heavy atom. The summed E-state index contributed by atoms with van der Waals surface area (Å²) in [6.45, 7) is 0. The summed E-state index contributed by atoms with van der Waals surface area (Å²) in [6, 6.07) is 11.5. The Balaban J connectivity index is 1.56. The van der Waals surface area contributed by atoms with Gasteiger partial charge in [-0.3, -0.25) is 4.79 Å². The van der Waals surface area contributed by atoms with Crippen molar-refractivity contribution < 1.29 is 9.90 Å². The molecule has 0 aliphatic carbocycles. The predicted molar refractivity (Wildman–Crippen MR) is 120 cm³/mol. The molecule has 25 heavy (non-hydrogen) atoms. The quantitative estimate of drug-likeness (QED) is 0.198. The van der Waals surface area contributed by atoms with Gasteiger partial charge in [-0.25, -0.2) is 10.4 Å². The molecule has 5 nitrogen and oxygen atoms in total. The molecule has 3 aromatic rings. The number of amides is 1. The highest BCUT2D eigenvalue weighted by atomic mass is 127. The molecule has 1 heterocycles. The summed E-state index contributed by atoms with van der Waals surface area (Å²) in [7, 11) is 0. The van der Waals surface area contributed by atoms with E-state index in [1.165, 1.54) is 18.0 Å². The molecule has 0 atom stereocenters. The summed E-state index contributed by atoms with van der Waals surface area (Å²) in [5.41, 5.74) is 3.98. The van der Waals surface area contributed by atoms with Crippen LogP contribution in [0.1, 0.15) is 5.56 Å². The number of nitrogens with zero attached hydrogens (tertiary/aromatic N) is 2. The highest BCUT2D eigenvalue weighted by Gasteiger charge is 2.08. The molecular formula is C16H11I2N3O2S2. The topological polar surface area (TPSA) is 74.6 Å². The molecule has 1 aromatic heterocycles. The number of thiazole rings is 1. The molecule has 1 amide bonds. The number of halogens is 2. The first-order chi connectivity index (χ1) is 12.0. The van der Waals surface area contributed by atoms with Crippen LogP contribution in [0.3, 0.4) is 0 Å². The lowest BCUT2D eigenvalue weighted by Crippen LogP contribution is -2.19. The standard InChI is InChI=1S/C16H11I2N3O2S2/c17-10-5-9(15(23)11(18)6-10)7-19-21-14(22)8-24-16-20-12-3-1-2-4-13(12)25-16/h1-7,23H,8H2,(H,21,22). The van der Waals surface area contributed by atoms with Crippen molar-refractivity contribution in [3.8, 4) is 5.75 Å². The fraction of sp³-hybridized carbons (Fsp3) is 0.0625. The number of aromatic hydroxyl groups is 1. The number of carbonyl (C=O) groups excluding carboxylic acids is 1. The Labute approximate surface area is 179 Å². The number of carbonyl (C=O) groups is 1. The molecule has 9 heteroatoms. The average Bonchev–Trinajstić information content (AvgIpc) is 3.00. The zero-order chi connectivity index (χ0) is 17.8. The Morgan fingerprint density at radius 1 is 1.36 bits per heavy atom. The van der Waals surface area contributed by atoms with Gasteiger partial charge >= 0.3 is 0 Å². The minimum absolute atomic E-state index is 0.155. The number of aromatic nitrogens is 1. The SMILES string of the molecule is O=C(CSc1nc2ccccc2s1)NN=Cc1cc(I)cc(I)c1O. The Hall–Kier alpha value is -0.920. The first-order valence-corrected chi connectivity index (χ1v) is 11.0. The fourth-order valence-electron chi connectivity index (χ4n) is 1.93. The van der Waals surface area contributed by atoms with Crippen molar-refractivity contribution in [1.82, 2.24) is 10.4 Å². The van der Waals surface area contributed by atoms with E-state index in [0.717, 1.165) is 21.7 Å². The molecule has 128 valence electrons. The number of hydrazone groups is 1. The van der Waals surface area contributed by atoms with E-state index in [2.05, 4.69) is 60.7 Å². The van der Waals surface area contributed by atoms with Crippen LogP contribution in [0, 0.1) is 7.14 Å². The zero-order valence-corrected chi connectivity index (χ0v) is 18.5. The average molecular weight is 595 g/mol. The van der Waals surface area contributed by atoms with E-state index in [1.54, 1.807) is 17.4 Å². The third-order valence-electron chi connectivity index (χ3n) is 3.05. The van der Waals surface area contributed by atoms with Crippen LogP contribution in [0.15, 0.2) is 45.8 Å². The second kappa shape index (κ2) is 8.64. The normalized spacial score (nSPS) is 11.3. The van der Waals surface area contributed by atoms with Crippen molar-refractivity contribution >= 4 is 90.6 Å². The number of hydrogen-bond donors (Lipinski definition) is 2. The van der Waals surface area contributed by atoms with Crippen molar-refractivity contribution in [2.45, 2.75) is 4.34 Å². The molecule has 0 radical (unpaired) electrons. The van der Waals surface area contributed by atoms with Crippen molar-refractivity contribution in [2.24, 2.45) is 5.10 Å². The summed E-state index contributed by atoms with van der Waals surface area (Å²) in [5.74, 6) is 0.163. The van der Waals surface area contributed by atoms with E-state index in [0.29, 0.717) is 5.56 Å². The van der Waals surface area contributed by atoms with Crippen LogP contribution in [0.4, 0.5) is 0 Å². The van der Waals surface area contributed by atoms with Gasteiger partial charge in [0.15, 0.2) is 4.34 Å². The summed E-state index contributed by atoms with van der Waals surface area (Å²) >= 11 is 7.16. The fourth-order valence-corrected chi connectivity index (χ4v) is 5.68. The predicted octanol–water partition coefficient (Wildman–Crippen LogP) is 4.45. The largest absolute Gasteiger partial charge is 0.506 e. The minimum atomic E-state index is -0.222. The Kier molecular flexibility index (Phi) is 6.52. The molecule has 0 fully saturated rings. The molecule has 3 rings (SSSR count). The van der Waals surface area contributed by atoms with E-state index >= 15 is 0 Å². The van der Waals surface area contributed by atoms with Gasteiger partial charge in [-0.2, -0.15) is 5.10 Å². The van der Waals surface area contributed by atoms with E-state index in [9.17, 15) is 9.90 Å². The van der Waals surface area contributed by atoms with Crippen LogP contribution in [-0.4, -0.2) is 28.0 Å². The van der Waals surface area contributed by atoms with Gasteiger partial charge in [0.1, 0.15) is 5.75 Å². The highest BCUT2D eigenvalue weighted by Crippen LogP contribution is 2.29. The van der Waals surface area contributed by atoms with E-state index in [-0.39, 0.29) is 17.4 Å². The zero-order valence-electron chi connectivity index (χ0n) is 12.6. The molecule has 2 N–H and O–H groups in total. The van der Waals surface area contributed by atoms with Crippen LogP contribution in [-0.2, 0) is 4.79 Å². The number of phenols is 1. The summed E-state index contributed by atoms with van der Waals surface area (Å²) in [6.07, 6.45) is 1.44. The molecule has 0 unspecified atom stereocenters. The Bertz CT molecular complexity index is 927. The molecule has 2 aromatic carbocycles. The van der Waals surface area contributed by atoms with E-state index in [1.807, 2.05) is 30.3 Å². The number of phenolic OH excluding ortho intramolecular Hbond substituents is 1. The number of nitrogens with one attached hydrogen (secondary N) is 1. The second-order valence-electron chi connectivity index (χ2n) is 4.85. The lowest BCUT2D eigenvalue weighted by atomic mass is 10.2. The third kappa shape index (κ3) is 5.05. The van der Waals surface area contributed by atoms with Crippen LogP contribution < -0.4 is 5.43 Å². The van der Waals surface area contributed by atoms with Gasteiger partial charge in [-0.1, -0.05) is 23.9 Å². The van der Waals surface area contributed by atoms with Crippen molar-refractivity contribution in [3.63, 3.8) is 0 Å². The van der Waals surface area contributed by atoms with Gasteiger partial charge in [-0.05, 0) is 69.4 Å². The molecule has 0 spiro atoms. The molecule has 0 aliphatic heterocycles. The lowest BCUT2D eigenvalue weighted by Gasteiger charge is -2.03. The van der Waals surface area contributed by atoms with Gasteiger partial charge in [0.05, 0.1) is 25.8 Å². The van der Waals surface area contributed by atoms with Gasteiger partial charge in [0, 0.05) is 9.13 Å². The molecule has 0 saturated carbocycles. The lowest BCUT2D eigenvalue weighted by molar-refractivity contribution is -0.118. The van der Waals surface area contributed by atoms with Crippen molar-refractivity contribution in [2.75, 3.05) is 5.75 Å². The number of fused-ring (bicyclic) bond motifs is 1. The summed E-state index contributed by atoms with van der Waals surface area (Å²) in [5, 5.41) is 13.9. The maximum Gasteiger partial charge on any atom is 0.250 e. The summed E-state index contributed by atoms with van der Waals surface area (Å²) < 4.78 is 3.68. The Morgan fingerprint density at radius 3 is 2.96 bits per heavy atom. The van der Waals surface area contributed by atoms with Gasteiger partial charge in [0.25, 0.3) is 5.91 Å². The highest BCUT2D eigenvalue weighted by molar-refractivity contribution is 14.1. The number of hydrogen-bond acceptors (Lipinski definition) is 6. The van der Waals surface area contributed by atoms with Gasteiger partial charge < -0.3 is 5.11 Å². The smallest absolute Gasteiger partial charge is 0.250 e. The monoisotopic (exact) mass is 595 g/mol. The van der Waals surface area contributed by atoms with Crippen LogP contribution >= 0.6 is 68.3 Å². The van der Waals surface area contributed by atoms with Crippen molar-refractivity contribution in [1.29, 1.82) is 0 Å². The second-order valence-corrected chi connectivity index (χ2v) is 9.52. The van der Waals surface area contributed by atoms with E-state index < -0.39 is 0 Å². The maximum atomic E-state index is 11.9. The van der Waals surface area contributed by atoms with Crippen LogP contribution in [0.25, 0.3) is 10.2 Å². The van der Waals surface area contributed by atoms with Gasteiger partial charge in [-0.15, -0.1) is 11.3 Å². The molecular weight excluding hydrogens is 584 g/mol. The number of thioether (sulfide) groups is 1. The van der Waals surface area contributed by atoms with Gasteiger partial charge in [0.2, 0.25) is 0 Å². The number of para-hydroxylation sites is 1. The summed E-state index contributed by atoms with van der Waals surface area (Å²) in [4.78, 5) is 16.4. The molecule has 0 aliphatic rings. The minimum Gasteiger partial charge on any atom is -0.506 e. The third-order valence-corrected chi connectivity index (χ3v) is 6.68. The molecule has 0 saturated heterocycles. The van der Waals surface area contributed by atoms with Crippen LogP contribution in [0.5, 0.6) is 5.75 Å². The maximum absolute atomic E-state index is 11.9. The first-order valence-electron chi connectivity index (χ1n) is 7.01. The number of rotatable bonds is 5.